The summed E-state index contributed by atoms with van der Waals surface area (Å²) in [5.41, 5.74) is 2.20. The molecule has 0 aliphatic carbocycles. The van der Waals surface area contributed by atoms with Gasteiger partial charge < -0.3 is 9.64 Å². The molecule has 3 aromatic rings. The third kappa shape index (κ3) is 3.42. The molecule has 1 unspecified atom stereocenters. The number of nitrogens with zero attached hydrogens (tertiary/aromatic N) is 4. The van der Waals surface area contributed by atoms with Crippen molar-refractivity contribution in [1.29, 1.82) is 0 Å². The van der Waals surface area contributed by atoms with E-state index in [1.165, 1.54) is 4.52 Å². The van der Waals surface area contributed by atoms with Crippen LogP contribution < -0.4 is 0 Å². The minimum absolute atomic E-state index is 0.122. The van der Waals surface area contributed by atoms with Gasteiger partial charge in [-0.2, -0.15) is 5.10 Å². The second-order valence-electron chi connectivity index (χ2n) is 6.02. The molecule has 0 saturated carbocycles. The second-order valence-corrected chi connectivity index (χ2v) is 6.02. The Morgan fingerprint density at radius 1 is 1.23 bits per heavy atom. The van der Waals surface area contributed by atoms with Crippen LogP contribution >= 0.6 is 0 Å². The van der Waals surface area contributed by atoms with Crippen LogP contribution in [0.4, 0.5) is 0 Å². The Morgan fingerprint density at radius 2 is 1.96 bits per heavy atom. The predicted octanol–water partition coefficient (Wildman–Crippen LogP) is 2.41. The molecule has 0 radical (unpaired) electrons. The molecule has 2 aromatic heterocycles. The highest BCUT2D eigenvalue weighted by atomic mass is 16.5. The van der Waals surface area contributed by atoms with Crippen LogP contribution in [0, 0.1) is 6.92 Å². The molecule has 0 fully saturated rings. The highest BCUT2D eigenvalue weighted by Crippen LogP contribution is 2.19. The van der Waals surface area contributed by atoms with Crippen LogP contribution in [0.1, 0.15) is 34.6 Å². The van der Waals surface area contributed by atoms with Gasteiger partial charge in [0.25, 0.3) is 5.91 Å². The van der Waals surface area contributed by atoms with E-state index in [0.717, 1.165) is 5.56 Å². The normalized spacial score (nSPS) is 12.0. The number of hydrogen-bond donors (Lipinski definition) is 0. The van der Waals surface area contributed by atoms with Gasteiger partial charge in [0.2, 0.25) is 0 Å². The molecule has 1 atom stereocenters. The Kier molecular flexibility index (Phi) is 4.97. The van der Waals surface area contributed by atoms with E-state index in [1.54, 1.807) is 37.3 Å². The lowest BCUT2D eigenvalue weighted by molar-refractivity contribution is -0.135. The zero-order chi connectivity index (χ0) is 18.7. The molecule has 0 aliphatic heterocycles. The Morgan fingerprint density at radius 3 is 2.69 bits per heavy atom. The van der Waals surface area contributed by atoms with Crippen LogP contribution in [-0.4, -0.2) is 45.0 Å². The average Bonchev–Trinajstić information content (AvgIpc) is 3.01. The monoisotopic (exact) mass is 352 g/mol. The van der Waals surface area contributed by atoms with E-state index in [9.17, 15) is 9.59 Å². The topological polar surface area (TPSA) is 76.8 Å². The Labute approximate surface area is 151 Å². The summed E-state index contributed by atoms with van der Waals surface area (Å²) in [4.78, 5) is 30.5. The first-order chi connectivity index (χ1) is 12.5. The van der Waals surface area contributed by atoms with Crippen LogP contribution in [0.25, 0.3) is 5.65 Å². The fourth-order valence-electron chi connectivity index (χ4n) is 2.71. The molecule has 0 bridgehead atoms. The number of carbonyl (C=O) groups is 2. The average molecular weight is 352 g/mol. The van der Waals surface area contributed by atoms with Crippen molar-refractivity contribution in [3.05, 3.63) is 65.6 Å². The smallest absolute Gasteiger partial charge is 0.344 e. The standard InChI is InChI=1S/C19H20N4O3/c1-13-17(18-20-10-7-11-23(18)21-13)19(25)26-12-16(24)22(3)14(2)15-8-5-4-6-9-15/h4-11,14H,12H2,1-3H3. The summed E-state index contributed by atoms with van der Waals surface area (Å²) >= 11 is 0. The minimum Gasteiger partial charge on any atom is -0.452 e. The van der Waals surface area contributed by atoms with Crippen LogP contribution in [0.2, 0.25) is 0 Å². The van der Waals surface area contributed by atoms with Gasteiger partial charge in [0, 0.05) is 19.4 Å². The van der Waals surface area contributed by atoms with Crippen molar-refractivity contribution in [3.63, 3.8) is 0 Å². The molecule has 3 rings (SSSR count). The van der Waals surface area contributed by atoms with Gasteiger partial charge in [-0.1, -0.05) is 30.3 Å². The summed E-state index contributed by atoms with van der Waals surface area (Å²) in [6.45, 7) is 3.29. The summed E-state index contributed by atoms with van der Waals surface area (Å²) in [5.74, 6) is -0.887. The molecule has 2 heterocycles. The first-order valence-electron chi connectivity index (χ1n) is 8.26. The van der Waals surface area contributed by atoms with E-state index in [4.69, 9.17) is 4.74 Å². The number of aryl methyl sites for hydroxylation is 1. The summed E-state index contributed by atoms with van der Waals surface area (Å²) in [7, 11) is 1.69. The van der Waals surface area contributed by atoms with Gasteiger partial charge in [-0.15, -0.1) is 0 Å². The molecular formula is C19H20N4O3. The molecule has 1 aromatic carbocycles. The van der Waals surface area contributed by atoms with E-state index in [1.807, 2.05) is 37.3 Å². The molecule has 26 heavy (non-hydrogen) atoms. The third-order valence-electron chi connectivity index (χ3n) is 4.36. The van der Waals surface area contributed by atoms with Gasteiger partial charge >= 0.3 is 5.97 Å². The summed E-state index contributed by atoms with van der Waals surface area (Å²) < 4.78 is 6.73. The number of carbonyl (C=O) groups excluding carboxylic acids is 2. The van der Waals surface area contributed by atoms with Gasteiger partial charge in [-0.25, -0.2) is 14.3 Å². The van der Waals surface area contributed by atoms with Gasteiger partial charge in [-0.3, -0.25) is 4.79 Å². The molecule has 0 spiro atoms. The zero-order valence-electron chi connectivity index (χ0n) is 14.9. The minimum atomic E-state index is -0.606. The molecule has 0 saturated heterocycles. The van der Waals surface area contributed by atoms with Crippen molar-refractivity contribution in [2.75, 3.05) is 13.7 Å². The maximum atomic E-state index is 12.4. The Balaban J connectivity index is 1.67. The maximum Gasteiger partial charge on any atom is 0.344 e. The zero-order valence-corrected chi connectivity index (χ0v) is 14.9. The number of aromatic nitrogens is 3. The summed E-state index contributed by atoms with van der Waals surface area (Å²) in [5, 5.41) is 4.22. The lowest BCUT2D eigenvalue weighted by Crippen LogP contribution is -2.33. The molecule has 0 aliphatic rings. The van der Waals surface area contributed by atoms with E-state index in [-0.39, 0.29) is 24.1 Å². The summed E-state index contributed by atoms with van der Waals surface area (Å²) in [6.07, 6.45) is 3.28. The number of fused-ring (bicyclic) bond motifs is 1. The third-order valence-corrected chi connectivity index (χ3v) is 4.36. The lowest BCUT2D eigenvalue weighted by Gasteiger charge is -2.25. The van der Waals surface area contributed by atoms with E-state index < -0.39 is 5.97 Å². The molecule has 7 heteroatoms. The van der Waals surface area contributed by atoms with Crippen LogP contribution in [0.15, 0.2) is 48.8 Å². The SMILES string of the molecule is Cc1nn2cccnc2c1C(=O)OCC(=O)N(C)C(C)c1ccccc1. The van der Waals surface area contributed by atoms with E-state index in [0.29, 0.717) is 11.3 Å². The number of rotatable bonds is 5. The van der Waals surface area contributed by atoms with Crippen molar-refractivity contribution in [2.45, 2.75) is 19.9 Å². The molecule has 1 amide bonds. The lowest BCUT2D eigenvalue weighted by atomic mass is 10.1. The Bertz CT molecular complexity index is 936. The number of ether oxygens (including phenoxy) is 1. The number of amides is 1. The summed E-state index contributed by atoms with van der Waals surface area (Å²) in [6, 6.07) is 11.3. The van der Waals surface area contributed by atoms with Gasteiger partial charge in [0.15, 0.2) is 12.3 Å². The van der Waals surface area contributed by atoms with Crippen molar-refractivity contribution in [3.8, 4) is 0 Å². The molecule has 0 N–H and O–H groups in total. The van der Waals surface area contributed by atoms with Crippen molar-refractivity contribution >= 4 is 17.5 Å². The van der Waals surface area contributed by atoms with Gasteiger partial charge in [0.05, 0.1) is 11.7 Å². The van der Waals surface area contributed by atoms with Crippen molar-refractivity contribution < 1.29 is 14.3 Å². The number of esters is 1. The predicted molar refractivity (Wildman–Crippen MR) is 95.6 cm³/mol. The largest absolute Gasteiger partial charge is 0.452 e. The van der Waals surface area contributed by atoms with Crippen molar-refractivity contribution in [1.82, 2.24) is 19.5 Å². The van der Waals surface area contributed by atoms with Gasteiger partial charge in [-0.05, 0) is 25.5 Å². The Hall–Kier alpha value is -3.22. The highest BCUT2D eigenvalue weighted by molar-refractivity contribution is 5.98. The fraction of sp³-hybridized carbons (Fsp3) is 0.263. The van der Waals surface area contributed by atoms with E-state index in [2.05, 4.69) is 10.1 Å². The molecular weight excluding hydrogens is 332 g/mol. The van der Waals surface area contributed by atoms with Crippen LogP contribution in [-0.2, 0) is 9.53 Å². The number of benzene rings is 1. The van der Waals surface area contributed by atoms with E-state index >= 15 is 0 Å². The van der Waals surface area contributed by atoms with Gasteiger partial charge in [0.1, 0.15) is 5.56 Å². The first kappa shape index (κ1) is 17.6. The van der Waals surface area contributed by atoms with Crippen molar-refractivity contribution in [2.24, 2.45) is 0 Å². The quantitative estimate of drug-likeness (QED) is 0.659. The van der Waals surface area contributed by atoms with Crippen LogP contribution in [0.3, 0.4) is 0 Å². The number of hydrogen-bond acceptors (Lipinski definition) is 5. The highest BCUT2D eigenvalue weighted by Gasteiger charge is 2.23. The first-order valence-corrected chi connectivity index (χ1v) is 8.26. The molecule has 7 nitrogen and oxygen atoms in total. The van der Waals surface area contributed by atoms with Crippen LogP contribution in [0.5, 0.6) is 0 Å². The molecule has 134 valence electrons. The second kappa shape index (κ2) is 7.35. The number of likely N-dealkylation sites (N-methyl/N-ethyl adjacent to an activating group) is 1. The fourth-order valence-corrected chi connectivity index (χ4v) is 2.71. The maximum absolute atomic E-state index is 12.4.